The molecule has 1 heterocycles. The predicted molar refractivity (Wildman–Crippen MR) is 71.8 cm³/mol. The Morgan fingerprint density at radius 1 is 1.47 bits per heavy atom. The maximum absolute atomic E-state index is 12.0. The van der Waals surface area contributed by atoms with Crippen LogP contribution in [-0.4, -0.2) is 28.5 Å². The number of rotatable bonds is 5. The lowest BCUT2D eigenvalue weighted by Crippen LogP contribution is -2.36. The van der Waals surface area contributed by atoms with Crippen LogP contribution in [0.2, 0.25) is 0 Å². The molecular weight excluding hydrogens is 264 g/mol. The molecule has 0 radical (unpaired) electrons. The van der Waals surface area contributed by atoms with Crippen LogP contribution in [0.3, 0.4) is 0 Å². The largest absolute Gasteiger partial charge is 0.481 e. The van der Waals surface area contributed by atoms with E-state index in [-0.39, 0.29) is 11.8 Å². The SMILES string of the molecule is CC1CC(C(=O)O)C(C(=O)NCCc2cscn2)C1. The Morgan fingerprint density at radius 3 is 2.84 bits per heavy atom. The fourth-order valence-electron chi connectivity index (χ4n) is 2.66. The quantitative estimate of drug-likeness (QED) is 0.858. The van der Waals surface area contributed by atoms with Gasteiger partial charge in [-0.05, 0) is 18.8 Å². The number of aromatic nitrogens is 1. The van der Waals surface area contributed by atoms with Gasteiger partial charge in [0, 0.05) is 18.3 Å². The van der Waals surface area contributed by atoms with E-state index in [0.717, 1.165) is 5.69 Å². The van der Waals surface area contributed by atoms with Gasteiger partial charge in [-0.2, -0.15) is 0 Å². The number of aliphatic carboxylic acids is 1. The van der Waals surface area contributed by atoms with Crippen LogP contribution >= 0.6 is 11.3 Å². The van der Waals surface area contributed by atoms with Crippen molar-refractivity contribution in [1.82, 2.24) is 10.3 Å². The molecule has 0 spiro atoms. The summed E-state index contributed by atoms with van der Waals surface area (Å²) in [5.41, 5.74) is 2.72. The first-order valence-electron chi connectivity index (χ1n) is 6.45. The van der Waals surface area contributed by atoms with Gasteiger partial charge in [-0.15, -0.1) is 11.3 Å². The van der Waals surface area contributed by atoms with Gasteiger partial charge in [-0.3, -0.25) is 9.59 Å². The van der Waals surface area contributed by atoms with Gasteiger partial charge in [0.05, 0.1) is 23.0 Å². The highest BCUT2D eigenvalue weighted by Crippen LogP contribution is 2.36. The summed E-state index contributed by atoms with van der Waals surface area (Å²) in [6.45, 7) is 2.51. The summed E-state index contributed by atoms with van der Waals surface area (Å²) >= 11 is 1.53. The predicted octanol–water partition coefficient (Wildman–Crippen LogP) is 1.55. The Labute approximate surface area is 116 Å². The Bertz CT molecular complexity index is 447. The number of nitrogens with one attached hydrogen (secondary N) is 1. The normalized spacial score (nSPS) is 26.3. The smallest absolute Gasteiger partial charge is 0.307 e. The van der Waals surface area contributed by atoms with Crippen LogP contribution in [0.1, 0.15) is 25.5 Å². The molecule has 0 aromatic carbocycles. The Morgan fingerprint density at radius 2 is 2.21 bits per heavy atom. The van der Waals surface area contributed by atoms with Crippen molar-refractivity contribution in [1.29, 1.82) is 0 Å². The molecule has 1 aliphatic carbocycles. The van der Waals surface area contributed by atoms with E-state index in [4.69, 9.17) is 5.11 Å². The van der Waals surface area contributed by atoms with Crippen LogP contribution in [0.5, 0.6) is 0 Å². The van der Waals surface area contributed by atoms with E-state index in [1.165, 1.54) is 11.3 Å². The maximum Gasteiger partial charge on any atom is 0.307 e. The van der Waals surface area contributed by atoms with Crippen molar-refractivity contribution in [3.63, 3.8) is 0 Å². The minimum atomic E-state index is -0.857. The molecule has 1 aliphatic rings. The van der Waals surface area contributed by atoms with E-state index < -0.39 is 11.9 Å². The van der Waals surface area contributed by atoms with Gasteiger partial charge < -0.3 is 10.4 Å². The number of hydrogen-bond donors (Lipinski definition) is 2. The van der Waals surface area contributed by atoms with Crippen molar-refractivity contribution in [3.05, 3.63) is 16.6 Å². The minimum absolute atomic E-state index is 0.132. The number of thiazole rings is 1. The lowest BCUT2D eigenvalue weighted by atomic mass is 9.95. The zero-order chi connectivity index (χ0) is 13.8. The third-order valence-electron chi connectivity index (χ3n) is 3.62. The van der Waals surface area contributed by atoms with E-state index in [2.05, 4.69) is 10.3 Å². The van der Waals surface area contributed by atoms with Crippen molar-refractivity contribution in [3.8, 4) is 0 Å². The topological polar surface area (TPSA) is 79.3 Å². The van der Waals surface area contributed by atoms with E-state index in [9.17, 15) is 9.59 Å². The van der Waals surface area contributed by atoms with Crippen molar-refractivity contribution in [2.24, 2.45) is 17.8 Å². The standard InChI is InChI=1S/C13H18N2O3S/c1-8-4-10(11(5-8)13(17)18)12(16)14-3-2-9-6-19-7-15-9/h6-8,10-11H,2-5H2,1H3,(H,14,16)(H,17,18). The summed E-state index contributed by atoms with van der Waals surface area (Å²) in [6.07, 6.45) is 1.95. The van der Waals surface area contributed by atoms with Gasteiger partial charge in [0.1, 0.15) is 0 Å². The molecule has 19 heavy (non-hydrogen) atoms. The van der Waals surface area contributed by atoms with Crippen molar-refractivity contribution >= 4 is 23.2 Å². The van der Waals surface area contributed by atoms with Gasteiger partial charge in [0.15, 0.2) is 0 Å². The van der Waals surface area contributed by atoms with Gasteiger partial charge >= 0.3 is 5.97 Å². The Balaban J connectivity index is 1.83. The molecule has 1 saturated carbocycles. The first-order chi connectivity index (χ1) is 9.08. The summed E-state index contributed by atoms with van der Waals surface area (Å²) in [4.78, 5) is 27.3. The van der Waals surface area contributed by atoms with E-state index >= 15 is 0 Å². The first kappa shape index (κ1) is 14.0. The molecule has 3 atom stereocenters. The molecule has 3 unspecified atom stereocenters. The number of hydrogen-bond acceptors (Lipinski definition) is 4. The van der Waals surface area contributed by atoms with E-state index in [1.54, 1.807) is 5.51 Å². The maximum atomic E-state index is 12.0. The average Bonchev–Trinajstić information content (AvgIpc) is 2.98. The molecule has 0 aliphatic heterocycles. The average molecular weight is 282 g/mol. The fraction of sp³-hybridized carbons (Fsp3) is 0.615. The van der Waals surface area contributed by atoms with Crippen LogP contribution in [0, 0.1) is 17.8 Å². The van der Waals surface area contributed by atoms with Crippen LogP contribution in [0.4, 0.5) is 0 Å². The fourth-order valence-corrected chi connectivity index (χ4v) is 3.25. The molecule has 1 aromatic rings. The summed E-state index contributed by atoms with van der Waals surface area (Å²) in [6, 6.07) is 0. The zero-order valence-corrected chi connectivity index (χ0v) is 11.7. The molecule has 2 N–H and O–H groups in total. The molecule has 104 valence electrons. The molecule has 1 fully saturated rings. The van der Waals surface area contributed by atoms with Crippen LogP contribution in [0.25, 0.3) is 0 Å². The van der Waals surface area contributed by atoms with Gasteiger partial charge in [-0.25, -0.2) is 4.98 Å². The molecule has 2 rings (SSSR count). The third-order valence-corrected chi connectivity index (χ3v) is 4.25. The zero-order valence-electron chi connectivity index (χ0n) is 10.8. The first-order valence-corrected chi connectivity index (χ1v) is 7.39. The highest BCUT2D eigenvalue weighted by Gasteiger charge is 2.40. The molecule has 1 amide bonds. The second kappa shape index (κ2) is 6.14. The Kier molecular flexibility index (Phi) is 4.52. The number of carbonyl (C=O) groups is 2. The summed E-state index contributed by atoms with van der Waals surface area (Å²) in [5, 5.41) is 13.9. The van der Waals surface area contributed by atoms with E-state index in [1.807, 2.05) is 12.3 Å². The number of carboxylic acids is 1. The molecule has 0 bridgehead atoms. The number of carbonyl (C=O) groups excluding carboxylic acids is 1. The number of amides is 1. The minimum Gasteiger partial charge on any atom is -0.481 e. The highest BCUT2D eigenvalue weighted by molar-refractivity contribution is 7.07. The molecule has 5 nitrogen and oxygen atoms in total. The lowest BCUT2D eigenvalue weighted by Gasteiger charge is -2.15. The molecule has 6 heteroatoms. The second-order valence-corrected chi connectivity index (χ2v) is 5.87. The molecular formula is C13H18N2O3S. The van der Waals surface area contributed by atoms with Crippen LogP contribution in [0.15, 0.2) is 10.9 Å². The second-order valence-electron chi connectivity index (χ2n) is 5.15. The lowest BCUT2D eigenvalue weighted by molar-refractivity contribution is -0.146. The monoisotopic (exact) mass is 282 g/mol. The number of carboxylic acid groups (broad SMARTS) is 1. The molecule has 0 saturated heterocycles. The highest BCUT2D eigenvalue weighted by atomic mass is 32.1. The third kappa shape index (κ3) is 3.53. The van der Waals surface area contributed by atoms with Gasteiger partial charge in [0.2, 0.25) is 5.91 Å². The number of nitrogens with zero attached hydrogens (tertiary/aromatic N) is 1. The van der Waals surface area contributed by atoms with E-state index in [0.29, 0.717) is 31.7 Å². The summed E-state index contributed by atoms with van der Waals surface area (Å²) in [7, 11) is 0. The van der Waals surface area contributed by atoms with Gasteiger partial charge in [-0.1, -0.05) is 6.92 Å². The van der Waals surface area contributed by atoms with Crippen LogP contribution < -0.4 is 5.32 Å². The summed E-state index contributed by atoms with van der Waals surface area (Å²) in [5.74, 6) is -1.61. The van der Waals surface area contributed by atoms with Crippen LogP contribution in [-0.2, 0) is 16.0 Å². The molecule has 1 aromatic heterocycles. The summed E-state index contributed by atoms with van der Waals surface area (Å²) < 4.78 is 0. The van der Waals surface area contributed by atoms with Crippen molar-refractivity contribution in [2.75, 3.05) is 6.54 Å². The Hall–Kier alpha value is -1.43. The van der Waals surface area contributed by atoms with Gasteiger partial charge in [0.25, 0.3) is 0 Å². The van der Waals surface area contributed by atoms with Crippen molar-refractivity contribution < 1.29 is 14.7 Å². The van der Waals surface area contributed by atoms with Crippen molar-refractivity contribution in [2.45, 2.75) is 26.2 Å².